The smallest absolute Gasteiger partial charge is 0.317 e. The molecule has 1 aliphatic carbocycles. The van der Waals surface area contributed by atoms with Gasteiger partial charge in [-0.1, -0.05) is 13.3 Å². The Morgan fingerprint density at radius 1 is 1.32 bits per heavy atom. The van der Waals surface area contributed by atoms with E-state index >= 15 is 0 Å². The van der Waals surface area contributed by atoms with Crippen LogP contribution in [0.1, 0.15) is 57.2 Å². The normalized spacial score (nSPS) is 19.4. The highest BCUT2D eigenvalue weighted by atomic mass is 16.2. The number of carbonyl (C=O) groups excluding carboxylic acids is 1. The Bertz CT molecular complexity index is 487. The minimum Gasteiger partial charge on any atom is -0.338 e. The molecule has 122 valence electrons. The summed E-state index contributed by atoms with van der Waals surface area (Å²) in [5.74, 6) is 2.61. The molecule has 2 aliphatic rings. The number of likely N-dealkylation sites (tertiary alicyclic amines) is 1. The van der Waals surface area contributed by atoms with E-state index in [2.05, 4.69) is 28.0 Å². The summed E-state index contributed by atoms with van der Waals surface area (Å²) in [6.07, 6.45) is 11.0. The van der Waals surface area contributed by atoms with Crippen molar-refractivity contribution in [1.29, 1.82) is 0 Å². The summed E-state index contributed by atoms with van der Waals surface area (Å²) in [5.41, 5.74) is 0. The lowest BCUT2D eigenvalue weighted by molar-refractivity contribution is 0.179. The Morgan fingerprint density at radius 3 is 2.77 bits per heavy atom. The fraction of sp³-hybridized carbons (Fsp3) is 0.765. The summed E-state index contributed by atoms with van der Waals surface area (Å²) in [7, 11) is 0. The van der Waals surface area contributed by atoms with Crippen molar-refractivity contribution in [2.45, 2.75) is 57.9 Å². The first kappa shape index (κ1) is 15.4. The molecular formula is C17H28N4O. The first-order valence-electron chi connectivity index (χ1n) is 8.81. The predicted octanol–water partition coefficient (Wildman–Crippen LogP) is 2.98. The summed E-state index contributed by atoms with van der Waals surface area (Å²) in [6, 6.07) is 0.105. The van der Waals surface area contributed by atoms with Gasteiger partial charge in [-0.25, -0.2) is 9.78 Å². The van der Waals surface area contributed by atoms with Gasteiger partial charge in [0.15, 0.2) is 0 Å². The molecule has 3 rings (SSSR count). The summed E-state index contributed by atoms with van der Waals surface area (Å²) < 4.78 is 2.35. The van der Waals surface area contributed by atoms with Crippen LogP contribution in [-0.4, -0.2) is 40.1 Å². The fourth-order valence-electron chi connectivity index (χ4n) is 3.24. The van der Waals surface area contributed by atoms with Crippen LogP contribution in [0.2, 0.25) is 0 Å². The van der Waals surface area contributed by atoms with Gasteiger partial charge in [0.25, 0.3) is 0 Å². The van der Waals surface area contributed by atoms with Crippen LogP contribution < -0.4 is 5.32 Å². The highest BCUT2D eigenvalue weighted by molar-refractivity contribution is 5.74. The molecule has 1 aromatic heterocycles. The molecule has 2 fully saturated rings. The lowest BCUT2D eigenvalue weighted by atomic mass is 9.96. The molecule has 22 heavy (non-hydrogen) atoms. The molecule has 0 radical (unpaired) electrons. The zero-order chi connectivity index (χ0) is 15.4. The van der Waals surface area contributed by atoms with Gasteiger partial charge in [-0.15, -0.1) is 0 Å². The summed E-state index contributed by atoms with van der Waals surface area (Å²) in [5, 5.41) is 3.01. The Morgan fingerprint density at radius 2 is 2.09 bits per heavy atom. The number of hydrogen-bond acceptors (Lipinski definition) is 2. The van der Waals surface area contributed by atoms with E-state index in [-0.39, 0.29) is 6.03 Å². The maximum Gasteiger partial charge on any atom is 0.317 e. The maximum absolute atomic E-state index is 12.1. The molecule has 1 aliphatic heterocycles. The lowest BCUT2D eigenvalue weighted by Crippen LogP contribution is -2.44. The van der Waals surface area contributed by atoms with Crippen LogP contribution >= 0.6 is 0 Å². The van der Waals surface area contributed by atoms with E-state index in [1.807, 2.05) is 11.1 Å². The predicted molar refractivity (Wildman–Crippen MR) is 86.8 cm³/mol. The number of hydrogen-bond donors (Lipinski definition) is 1. The Balaban J connectivity index is 1.49. The SMILES string of the molecule is CCCCNC(=O)N1CCC(c2nccn2CC2CC2)CC1. The third-order valence-electron chi connectivity index (χ3n) is 4.85. The molecule has 5 nitrogen and oxygen atoms in total. The van der Waals surface area contributed by atoms with Gasteiger partial charge in [0.05, 0.1) is 0 Å². The Kier molecular flexibility index (Phi) is 5.01. The molecule has 1 saturated carbocycles. The van der Waals surface area contributed by atoms with E-state index in [0.29, 0.717) is 5.92 Å². The Hall–Kier alpha value is -1.52. The maximum atomic E-state index is 12.1. The molecule has 2 heterocycles. The number of carbonyl (C=O) groups is 1. The molecule has 0 bridgehead atoms. The topological polar surface area (TPSA) is 50.2 Å². The van der Waals surface area contributed by atoms with Gasteiger partial charge in [0.1, 0.15) is 5.82 Å². The molecule has 0 aromatic carbocycles. The van der Waals surface area contributed by atoms with Crippen molar-refractivity contribution >= 4 is 6.03 Å². The largest absolute Gasteiger partial charge is 0.338 e. The van der Waals surface area contributed by atoms with Gasteiger partial charge in [-0.3, -0.25) is 0 Å². The highest BCUT2D eigenvalue weighted by Crippen LogP contribution is 2.33. The molecular weight excluding hydrogens is 276 g/mol. The van der Waals surface area contributed by atoms with Crippen LogP contribution in [-0.2, 0) is 6.54 Å². The molecule has 1 saturated heterocycles. The third kappa shape index (κ3) is 3.81. The number of aromatic nitrogens is 2. The van der Waals surface area contributed by atoms with E-state index in [1.165, 1.54) is 18.7 Å². The highest BCUT2D eigenvalue weighted by Gasteiger charge is 2.28. The third-order valence-corrected chi connectivity index (χ3v) is 4.85. The second kappa shape index (κ2) is 7.16. The first-order valence-corrected chi connectivity index (χ1v) is 8.81. The summed E-state index contributed by atoms with van der Waals surface area (Å²) in [4.78, 5) is 18.6. The molecule has 5 heteroatoms. The van der Waals surface area contributed by atoms with Crippen molar-refractivity contribution in [3.63, 3.8) is 0 Å². The zero-order valence-electron chi connectivity index (χ0n) is 13.6. The van der Waals surface area contributed by atoms with Gasteiger partial charge in [0, 0.05) is 44.5 Å². The average Bonchev–Trinajstić information content (AvgIpc) is 3.23. The van der Waals surface area contributed by atoms with Crippen molar-refractivity contribution in [2.24, 2.45) is 5.92 Å². The number of unbranched alkanes of at least 4 members (excludes halogenated alkanes) is 1. The standard InChI is InChI=1S/C17H28N4O/c1-2-3-8-19-17(22)20-10-6-15(7-11-20)16-18-9-12-21(16)13-14-4-5-14/h9,12,14-15H,2-8,10-11,13H2,1H3,(H,19,22). The van der Waals surface area contributed by atoms with Crippen LogP contribution in [0.3, 0.4) is 0 Å². The number of nitrogens with one attached hydrogen (secondary N) is 1. The van der Waals surface area contributed by atoms with Gasteiger partial charge < -0.3 is 14.8 Å². The minimum atomic E-state index is 0.105. The van der Waals surface area contributed by atoms with Crippen molar-refractivity contribution in [1.82, 2.24) is 19.8 Å². The number of rotatable bonds is 6. The molecule has 2 amide bonds. The summed E-state index contributed by atoms with van der Waals surface area (Å²) in [6.45, 7) is 5.76. The van der Waals surface area contributed by atoms with Crippen LogP contribution in [0.4, 0.5) is 4.79 Å². The van der Waals surface area contributed by atoms with E-state index in [4.69, 9.17) is 0 Å². The van der Waals surface area contributed by atoms with Crippen molar-refractivity contribution in [2.75, 3.05) is 19.6 Å². The molecule has 0 unspecified atom stereocenters. The van der Waals surface area contributed by atoms with Crippen LogP contribution in [0.15, 0.2) is 12.4 Å². The fourth-order valence-corrected chi connectivity index (χ4v) is 3.24. The van der Waals surface area contributed by atoms with Crippen molar-refractivity contribution < 1.29 is 4.79 Å². The molecule has 0 spiro atoms. The number of piperidine rings is 1. The van der Waals surface area contributed by atoms with Crippen molar-refractivity contribution in [3.05, 3.63) is 18.2 Å². The van der Waals surface area contributed by atoms with Gasteiger partial charge >= 0.3 is 6.03 Å². The number of nitrogens with zero attached hydrogens (tertiary/aromatic N) is 3. The van der Waals surface area contributed by atoms with Gasteiger partial charge in [-0.05, 0) is 38.0 Å². The number of amides is 2. The summed E-state index contributed by atoms with van der Waals surface area (Å²) >= 11 is 0. The van der Waals surface area contributed by atoms with Crippen LogP contribution in [0.5, 0.6) is 0 Å². The van der Waals surface area contributed by atoms with E-state index in [9.17, 15) is 4.79 Å². The quantitative estimate of drug-likeness (QED) is 0.821. The average molecular weight is 304 g/mol. The van der Waals surface area contributed by atoms with E-state index < -0.39 is 0 Å². The molecule has 1 aromatic rings. The van der Waals surface area contributed by atoms with E-state index in [0.717, 1.165) is 57.8 Å². The lowest BCUT2D eigenvalue weighted by Gasteiger charge is -2.32. The number of imidazole rings is 1. The number of urea groups is 1. The molecule has 1 N–H and O–H groups in total. The monoisotopic (exact) mass is 304 g/mol. The zero-order valence-corrected chi connectivity index (χ0v) is 13.6. The molecule has 0 atom stereocenters. The van der Waals surface area contributed by atoms with Gasteiger partial charge in [-0.2, -0.15) is 0 Å². The van der Waals surface area contributed by atoms with Crippen LogP contribution in [0.25, 0.3) is 0 Å². The second-order valence-electron chi connectivity index (χ2n) is 6.73. The van der Waals surface area contributed by atoms with E-state index in [1.54, 1.807) is 0 Å². The Labute approximate surface area is 133 Å². The van der Waals surface area contributed by atoms with Gasteiger partial charge in [0.2, 0.25) is 0 Å². The van der Waals surface area contributed by atoms with Crippen LogP contribution in [0, 0.1) is 5.92 Å². The first-order chi connectivity index (χ1) is 10.8. The second-order valence-corrected chi connectivity index (χ2v) is 6.73. The minimum absolute atomic E-state index is 0.105. The van der Waals surface area contributed by atoms with Crippen molar-refractivity contribution in [3.8, 4) is 0 Å².